The highest BCUT2D eigenvalue weighted by Gasteiger charge is 2.15. The highest BCUT2D eigenvalue weighted by atomic mass is 19.1. The van der Waals surface area contributed by atoms with Crippen LogP contribution in [0.3, 0.4) is 0 Å². The van der Waals surface area contributed by atoms with Gasteiger partial charge in [0.25, 0.3) is 0 Å². The number of ether oxygens (including phenoxy) is 4. The van der Waals surface area contributed by atoms with Crippen LogP contribution in [0.5, 0.6) is 23.0 Å². The maximum absolute atomic E-state index is 13.9. The number of hydrogen-bond donors (Lipinski definition) is 1. The monoisotopic (exact) mass is 462 g/mol. The molecule has 34 heavy (non-hydrogen) atoms. The van der Waals surface area contributed by atoms with E-state index in [1.807, 2.05) is 0 Å². The van der Waals surface area contributed by atoms with Crippen molar-refractivity contribution in [3.63, 3.8) is 0 Å². The Hall–Kier alpha value is -4.33. The highest BCUT2D eigenvalue weighted by Crippen LogP contribution is 2.37. The fourth-order valence-electron chi connectivity index (χ4n) is 3.45. The lowest BCUT2D eigenvalue weighted by Crippen LogP contribution is -2.16. The summed E-state index contributed by atoms with van der Waals surface area (Å²) < 4.78 is 35.9. The standard InChI is InChI=1S/C26H23FN2O5/c1-16(19-6-4-5-7-21(19)27)33-26(30)29-17-8-10-18(11-9-17)34-23-12-13-28-22-15-25(32-3)24(31-2)14-20(22)23/h4-16H,1-3H3,(H,29,30). The van der Waals surface area contributed by atoms with Gasteiger partial charge in [0, 0.05) is 28.9 Å². The molecule has 0 saturated heterocycles. The number of pyridine rings is 1. The number of hydrogen-bond acceptors (Lipinski definition) is 6. The van der Waals surface area contributed by atoms with E-state index in [9.17, 15) is 9.18 Å². The molecular formula is C26H23FN2O5. The molecule has 1 heterocycles. The van der Waals surface area contributed by atoms with E-state index in [0.717, 1.165) is 5.39 Å². The average Bonchev–Trinajstić information content (AvgIpc) is 2.84. The summed E-state index contributed by atoms with van der Waals surface area (Å²) in [6, 6.07) is 18.3. The molecule has 4 aromatic rings. The van der Waals surface area contributed by atoms with Crippen molar-refractivity contribution in [3.05, 3.63) is 84.3 Å². The minimum atomic E-state index is -0.737. The van der Waals surface area contributed by atoms with Gasteiger partial charge in [-0.1, -0.05) is 18.2 Å². The fraction of sp³-hybridized carbons (Fsp3) is 0.154. The predicted octanol–water partition coefficient (Wildman–Crippen LogP) is 6.49. The van der Waals surface area contributed by atoms with Gasteiger partial charge in [-0.05, 0) is 49.4 Å². The lowest BCUT2D eigenvalue weighted by Gasteiger charge is -2.15. The molecule has 7 nitrogen and oxygen atoms in total. The van der Waals surface area contributed by atoms with Gasteiger partial charge in [0.1, 0.15) is 23.4 Å². The summed E-state index contributed by atoms with van der Waals surface area (Å²) in [5.41, 5.74) is 1.50. The summed E-state index contributed by atoms with van der Waals surface area (Å²) in [6.45, 7) is 1.61. The van der Waals surface area contributed by atoms with Crippen LogP contribution in [0.2, 0.25) is 0 Å². The van der Waals surface area contributed by atoms with Gasteiger partial charge in [0.2, 0.25) is 0 Å². The van der Waals surface area contributed by atoms with E-state index in [4.69, 9.17) is 18.9 Å². The van der Waals surface area contributed by atoms with Crippen molar-refractivity contribution in [3.8, 4) is 23.0 Å². The first-order valence-corrected chi connectivity index (χ1v) is 10.5. The van der Waals surface area contributed by atoms with E-state index in [-0.39, 0.29) is 0 Å². The Kier molecular flexibility index (Phi) is 6.77. The van der Waals surface area contributed by atoms with Gasteiger partial charge in [0.15, 0.2) is 11.5 Å². The summed E-state index contributed by atoms with van der Waals surface area (Å²) >= 11 is 0. The zero-order chi connectivity index (χ0) is 24.1. The highest BCUT2D eigenvalue weighted by molar-refractivity contribution is 5.88. The van der Waals surface area contributed by atoms with E-state index in [1.165, 1.54) is 6.07 Å². The molecule has 4 rings (SSSR count). The van der Waals surface area contributed by atoms with Crippen LogP contribution in [-0.2, 0) is 4.74 Å². The van der Waals surface area contributed by atoms with Crippen molar-refractivity contribution in [2.24, 2.45) is 0 Å². The number of methoxy groups -OCH3 is 2. The van der Waals surface area contributed by atoms with Gasteiger partial charge < -0.3 is 18.9 Å². The predicted molar refractivity (Wildman–Crippen MR) is 126 cm³/mol. The van der Waals surface area contributed by atoms with Crippen LogP contribution in [0.25, 0.3) is 10.9 Å². The zero-order valence-corrected chi connectivity index (χ0v) is 18.9. The summed E-state index contributed by atoms with van der Waals surface area (Å²) in [5, 5.41) is 3.39. The lowest BCUT2D eigenvalue weighted by atomic mass is 10.1. The van der Waals surface area contributed by atoms with Gasteiger partial charge >= 0.3 is 6.09 Å². The first-order valence-electron chi connectivity index (χ1n) is 10.5. The molecule has 174 valence electrons. The van der Waals surface area contributed by atoms with Crippen LogP contribution in [0, 0.1) is 5.82 Å². The molecule has 0 aliphatic carbocycles. The Morgan fingerprint density at radius 1 is 0.941 bits per heavy atom. The van der Waals surface area contributed by atoms with Gasteiger partial charge in [-0.3, -0.25) is 10.3 Å². The maximum atomic E-state index is 13.9. The van der Waals surface area contributed by atoms with Crippen LogP contribution in [0.1, 0.15) is 18.6 Å². The number of nitrogens with one attached hydrogen (secondary N) is 1. The summed E-state index contributed by atoms with van der Waals surface area (Å²) in [5.74, 6) is 1.86. The number of benzene rings is 3. The Balaban J connectivity index is 1.44. The normalized spacial score (nSPS) is 11.5. The summed E-state index contributed by atoms with van der Waals surface area (Å²) in [7, 11) is 3.13. The van der Waals surface area contributed by atoms with Gasteiger partial charge in [-0.15, -0.1) is 0 Å². The molecule has 0 radical (unpaired) electrons. The SMILES string of the molecule is COc1cc2nccc(Oc3ccc(NC(=O)OC(C)c4ccccc4F)cc3)c2cc1OC. The first kappa shape index (κ1) is 22.8. The van der Waals surface area contributed by atoms with E-state index in [2.05, 4.69) is 10.3 Å². The van der Waals surface area contributed by atoms with E-state index in [1.54, 1.807) is 88.0 Å². The van der Waals surface area contributed by atoms with Crippen molar-refractivity contribution in [1.82, 2.24) is 4.98 Å². The molecular weight excluding hydrogens is 439 g/mol. The molecule has 0 fully saturated rings. The average molecular weight is 462 g/mol. The molecule has 0 aliphatic rings. The van der Waals surface area contributed by atoms with Crippen LogP contribution >= 0.6 is 0 Å². The third-order valence-electron chi connectivity index (χ3n) is 5.16. The molecule has 1 amide bonds. The second-order valence-electron chi connectivity index (χ2n) is 7.35. The molecule has 3 aromatic carbocycles. The van der Waals surface area contributed by atoms with Crippen molar-refractivity contribution >= 4 is 22.7 Å². The van der Waals surface area contributed by atoms with Crippen molar-refractivity contribution < 1.29 is 28.1 Å². The topological polar surface area (TPSA) is 78.9 Å². The fourth-order valence-corrected chi connectivity index (χ4v) is 3.45. The Morgan fingerprint density at radius 3 is 2.35 bits per heavy atom. The molecule has 1 N–H and O–H groups in total. The minimum Gasteiger partial charge on any atom is -0.493 e. The van der Waals surface area contributed by atoms with Crippen molar-refractivity contribution in [2.45, 2.75) is 13.0 Å². The second-order valence-corrected chi connectivity index (χ2v) is 7.35. The number of halogens is 1. The maximum Gasteiger partial charge on any atom is 0.412 e. The molecule has 1 unspecified atom stereocenters. The Labute approximate surface area is 196 Å². The van der Waals surface area contributed by atoms with Crippen molar-refractivity contribution in [2.75, 3.05) is 19.5 Å². The summed E-state index contributed by atoms with van der Waals surface area (Å²) in [4.78, 5) is 16.6. The molecule has 1 atom stereocenters. The van der Waals surface area contributed by atoms with E-state index >= 15 is 0 Å². The number of nitrogens with zero attached hydrogens (tertiary/aromatic N) is 1. The van der Waals surface area contributed by atoms with E-state index in [0.29, 0.717) is 39.8 Å². The molecule has 8 heteroatoms. The number of amides is 1. The second kappa shape index (κ2) is 10.1. The van der Waals surface area contributed by atoms with Gasteiger partial charge in [-0.2, -0.15) is 0 Å². The quantitative estimate of drug-likeness (QED) is 0.338. The molecule has 0 bridgehead atoms. The minimum absolute atomic E-state index is 0.306. The molecule has 0 spiro atoms. The molecule has 0 aliphatic heterocycles. The number of anilines is 1. The molecule has 0 saturated carbocycles. The van der Waals surface area contributed by atoms with Gasteiger partial charge in [-0.25, -0.2) is 9.18 Å². The number of fused-ring (bicyclic) bond motifs is 1. The molecule has 1 aromatic heterocycles. The number of aromatic nitrogens is 1. The van der Waals surface area contributed by atoms with Crippen LogP contribution in [0.4, 0.5) is 14.9 Å². The van der Waals surface area contributed by atoms with Crippen LogP contribution in [-0.4, -0.2) is 25.3 Å². The third-order valence-corrected chi connectivity index (χ3v) is 5.16. The number of carbonyl (C=O) groups excluding carboxylic acids is 1. The number of rotatable bonds is 7. The largest absolute Gasteiger partial charge is 0.493 e. The Bertz CT molecular complexity index is 1310. The lowest BCUT2D eigenvalue weighted by molar-refractivity contribution is 0.119. The Morgan fingerprint density at radius 2 is 1.65 bits per heavy atom. The van der Waals surface area contributed by atoms with Gasteiger partial charge in [0.05, 0.1) is 19.7 Å². The third kappa shape index (κ3) is 5.01. The van der Waals surface area contributed by atoms with E-state index < -0.39 is 18.0 Å². The zero-order valence-electron chi connectivity index (χ0n) is 18.9. The smallest absolute Gasteiger partial charge is 0.412 e. The van der Waals surface area contributed by atoms with Crippen LogP contribution < -0.4 is 19.5 Å². The van der Waals surface area contributed by atoms with Crippen LogP contribution in [0.15, 0.2) is 72.9 Å². The summed E-state index contributed by atoms with van der Waals surface area (Å²) in [6.07, 6.45) is 0.219. The first-order chi connectivity index (χ1) is 16.5. The van der Waals surface area contributed by atoms with Crippen molar-refractivity contribution in [1.29, 1.82) is 0 Å². The number of carbonyl (C=O) groups is 1.